The molecule has 0 radical (unpaired) electrons. The van der Waals surface area contributed by atoms with Gasteiger partial charge in [-0.1, -0.05) is 6.92 Å². The van der Waals surface area contributed by atoms with Crippen LogP contribution in [0.4, 0.5) is 0 Å². The van der Waals surface area contributed by atoms with Crippen LogP contribution in [-0.2, 0) is 4.74 Å². The Bertz CT molecular complexity index is 154. The maximum atomic E-state index is 10.0. The van der Waals surface area contributed by atoms with E-state index in [1.54, 1.807) is 7.11 Å². The van der Waals surface area contributed by atoms with E-state index in [0.717, 1.165) is 19.3 Å². The van der Waals surface area contributed by atoms with Crippen molar-refractivity contribution in [1.82, 2.24) is 0 Å². The zero-order valence-electron chi connectivity index (χ0n) is 7.84. The maximum Gasteiger partial charge on any atom is 0.0745 e. The van der Waals surface area contributed by atoms with E-state index in [1.165, 1.54) is 0 Å². The molecule has 1 aliphatic carbocycles. The Morgan fingerprint density at radius 1 is 1.50 bits per heavy atom. The van der Waals surface area contributed by atoms with Gasteiger partial charge in [-0.2, -0.15) is 0 Å². The molecule has 72 valence electrons. The van der Waals surface area contributed by atoms with Gasteiger partial charge in [-0.15, -0.1) is 0 Å². The predicted octanol–water partition coefficient (Wildman–Crippen LogP) is 0.546. The summed E-state index contributed by atoms with van der Waals surface area (Å²) < 4.78 is 5.00. The van der Waals surface area contributed by atoms with Crippen LogP contribution in [-0.4, -0.2) is 36.1 Å². The SMILES string of the molecule is COCC(C)(CO)C1(O)CCC1. The van der Waals surface area contributed by atoms with E-state index >= 15 is 0 Å². The molecule has 1 aliphatic rings. The summed E-state index contributed by atoms with van der Waals surface area (Å²) in [6.45, 7) is 2.27. The zero-order valence-corrected chi connectivity index (χ0v) is 7.84. The van der Waals surface area contributed by atoms with E-state index in [4.69, 9.17) is 4.74 Å². The molecule has 0 aliphatic heterocycles. The first kappa shape index (κ1) is 9.96. The predicted molar refractivity (Wildman–Crippen MR) is 45.9 cm³/mol. The molecule has 12 heavy (non-hydrogen) atoms. The molecule has 1 atom stereocenters. The Hall–Kier alpha value is -0.120. The van der Waals surface area contributed by atoms with Crippen molar-refractivity contribution in [2.75, 3.05) is 20.3 Å². The average Bonchev–Trinajstić information content (AvgIpc) is 2.00. The van der Waals surface area contributed by atoms with E-state index in [2.05, 4.69) is 0 Å². The van der Waals surface area contributed by atoms with Gasteiger partial charge in [-0.25, -0.2) is 0 Å². The van der Waals surface area contributed by atoms with Crippen LogP contribution >= 0.6 is 0 Å². The quantitative estimate of drug-likeness (QED) is 0.654. The molecule has 0 saturated heterocycles. The molecule has 1 unspecified atom stereocenters. The monoisotopic (exact) mass is 174 g/mol. The van der Waals surface area contributed by atoms with Gasteiger partial charge in [0.15, 0.2) is 0 Å². The summed E-state index contributed by atoms with van der Waals surface area (Å²) in [5, 5.41) is 19.2. The van der Waals surface area contributed by atoms with Gasteiger partial charge < -0.3 is 14.9 Å². The Balaban J connectivity index is 2.64. The minimum Gasteiger partial charge on any atom is -0.396 e. The van der Waals surface area contributed by atoms with Crippen LogP contribution in [0.25, 0.3) is 0 Å². The largest absolute Gasteiger partial charge is 0.396 e. The summed E-state index contributed by atoms with van der Waals surface area (Å²) in [5.41, 5.74) is -1.18. The van der Waals surface area contributed by atoms with Crippen molar-refractivity contribution in [2.24, 2.45) is 5.41 Å². The standard InChI is InChI=1S/C9H18O3/c1-8(6-10,7-12-2)9(11)4-3-5-9/h10-11H,3-7H2,1-2H3. The Kier molecular flexibility index (Phi) is 2.76. The fourth-order valence-corrected chi connectivity index (χ4v) is 1.76. The van der Waals surface area contributed by atoms with Gasteiger partial charge in [0.2, 0.25) is 0 Å². The summed E-state index contributed by atoms with van der Waals surface area (Å²) in [4.78, 5) is 0. The van der Waals surface area contributed by atoms with Crippen LogP contribution in [0.2, 0.25) is 0 Å². The van der Waals surface area contributed by atoms with Crippen LogP contribution in [0.15, 0.2) is 0 Å². The van der Waals surface area contributed by atoms with Crippen molar-refractivity contribution in [3.8, 4) is 0 Å². The Labute approximate surface area is 73.4 Å². The number of methoxy groups -OCH3 is 1. The second-order valence-electron chi connectivity index (χ2n) is 4.04. The number of aliphatic hydroxyl groups excluding tert-OH is 1. The molecule has 3 nitrogen and oxygen atoms in total. The van der Waals surface area contributed by atoms with Crippen LogP contribution in [0.3, 0.4) is 0 Å². The second kappa shape index (κ2) is 3.32. The summed E-state index contributed by atoms with van der Waals surface area (Å²) in [6.07, 6.45) is 2.62. The molecule has 0 aromatic rings. The molecule has 0 aromatic carbocycles. The molecule has 1 rings (SSSR count). The van der Waals surface area contributed by atoms with Gasteiger partial charge in [0, 0.05) is 12.5 Å². The molecule has 1 saturated carbocycles. The van der Waals surface area contributed by atoms with Crippen LogP contribution in [0.5, 0.6) is 0 Å². The first-order valence-corrected chi connectivity index (χ1v) is 4.40. The summed E-state index contributed by atoms with van der Waals surface area (Å²) >= 11 is 0. The fraction of sp³-hybridized carbons (Fsp3) is 1.00. The van der Waals surface area contributed by atoms with Gasteiger partial charge in [-0.3, -0.25) is 0 Å². The van der Waals surface area contributed by atoms with Crippen LogP contribution in [0.1, 0.15) is 26.2 Å². The van der Waals surface area contributed by atoms with Crippen molar-refractivity contribution in [3.05, 3.63) is 0 Å². The summed E-state index contributed by atoms with van der Waals surface area (Å²) in [7, 11) is 1.59. The van der Waals surface area contributed by atoms with Gasteiger partial charge in [0.1, 0.15) is 0 Å². The van der Waals surface area contributed by atoms with E-state index in [-0.39, 0.29) is 6.61 Å². The Morgan fingerprint density at radius 2 is 2.08 bits per heavy atom. The normalized spacial score (nSPS) is 26.0. The highest BCUT2D eigenvalue weighted by Gasteiger charge is 2.50. The van der Waals surface area contributed by atoms with Crippen molar-refractivity contribution in [2.45, 2.75) is 31.8 Å². The fourth-order valence-electron chi connectivity index (χ4n) is 1.76. The lowest BCUT2D eigenvalue weighted by Crippen LogP contribution is -2.55. The first-order chi connectivity index (χ1) is 5.58. The minimum absolute atomic E-state index is 0.0165. The topological polar surface area (TPSA) is 49.7 Å². The number of aliphatic hydroxyl groups is 2. The molecule has 0 bridgehead atoms. The third-order valence-electron chi connectivity index (χ3n) is 3.12. The third-order valence-corrected chi connectivity index (χ3v) is 3.12. The van der Waals surface area contributed by atoms with E-state index in [9.17, 15) is 10.2 Å². The van der Waals surface area contributed by atoms with Crippen molar-refractivity contribution >= 4 is 0 Å². The number of hydrogen-bond donors (Lipinski definition) is 2. The van der Waals surface area contributed by atoms with E-state index in [1.807, 2.05) is 6.92 Å². The van der Waals surface area contributed by atoms with Crippen LogP contribution < -0.4 is 0 Å². The molecular formula is C9H18O3. The van der Waals surface area contributed by atoms with Gasteiger partial charge in [0.25, 0.3) is 0 Å². The molecule has 1 fully saturated rings. The van der Waals surface area contributed by atoms with Crippen molar-refractivity contribution < 1.29 is 14.9 Å². The molecule has 0 spiro atoms. The van der Waals surface area contributed by atoms with E-state index < -0.39 is 11.0 Å². The third kappa shape index (κ3) is 1.37. The Morgan fingerprint density at radius 3 is 2.33 bits per heavy atom. The molecule has 0 heterocycles. The minimum atomic E-state index is -0.697. The van der Waals surface area contributed by atoms with Gasteiger partial charge in [-0.05, 0) is 19.3 Å². The highest BCUT2D eigenvalue weighted by atomic mass is 16.5. The van der Waals surface area contributed by atoms with Gasteiger partial charge >= 0.3 is 0 Å². The zero-order chi connectivity index (χ0) is 9.24. The smallest absolute Gasteiger partial charge is 0.0745 e. The molecule has 0 aromatic heterocycles. The second-order valence-corrected chi connectivity index (χ2v) is 4.04. The summed E-state index contributed by atoms with van der Waals surface area (Å²) in [5.74, 6) is 0. The average molecular weight is 174 g/mol. The highest BCUT2D eigenvalue weighted by Crippen LogP contribution is 2.45. The lowest BCUT2D eigenvalue weighted by atomic mass is 9.63. The molecule has 3 heteroatoms. The summed E-state index contributed by atoms with van der Waals surface area (Å²) in [6, 6.07) is 0. The number of hydrogen-bond acceptors (Lipinski definition) is 3. The molecule has 0 amide bonds. The van der Waals surface area contributed by atoms with Crippen molar-refractivity contribution in [3.63, 3.8) is 0 Å². The molecule has 2 N–H and O–H groups in total. The maximum absolute atomic E-state index is 10.0. The number of rotatable bonds is 4. The first-order valence-electron chi connectivity index (χ1n) is 4.40. The van der Waals surface area contributed by atoms with Gasteiger partial charge in [0.05, 0.1) is 18.8 Å². The molecular weight excluding hydrogens is 156 g/mol. The highest BCUT2D eigenvalue weighted by molar-refractivity contribution is 5.01. The lowest BCUT2D eigenvalue weighted by molar-refractivity contribution is -0.170. The van der Waals surface area contributed by atoms with E-state index in [0.29, 0.717) is 6.61 Å². The number of ether oxygens (including phenoxy) is 1. The van der Waals surface area contributed by atoms with Crippen molar-refractivity contribution in [1.29, 1.82) is 0 Å². The lowest BCUT2D eigenvalue weighted by Gasteiger charge is -2.49. The van der Waals surface area contributed by atoms with Crippen LogP contribution in [0, 0.1) is 5.41 Å².